The second kappa shape index (κ2) is 15.2. The number of amides is 2. The van der Waals surface area contributed by atoms with Gasteiger partial charge < -0.3 is 29.6 Å². The maximum Gasteiger partial charge on any atom is 0.338 e. The molecule has 41 heavy (non-hydrogen) atoms. The van der Waals surface area contributed by atoms with Gasteiger partial charge in [-0.15, -0.1) is 0 Å². The van der Waals surface area contributed by atoms with Crippen molar-refractivity contribution in [3.05, 3.63) is 77.6 Å². The first-order chi connectivity index (χ1) is 19.7. The Hall–Kier alpha value is -4.64. The van der Waals surface area contributed by atoms with Crippen molar-refractivity contribution in [2.24, 2.45) is 0 Å². The van der Waals surface area contributed by atoms with Gasteiger partial charge in [-0.3, -0.25) is 10.1 Å². The Morgan fingerprint density at radius 1 is 0.878 bits per heavy atom. The molecule has 10 nitrogen and oxygen atoms in total. The normalized spacial score (nSPS) is 11.2. The zero-order chi connectivity index (χ0) is 29.8. The molecule has 1 unspecified atom stereocenters. The summed E-state index contributed by atoms with van der Waals surface area (Å²) < 4.78 is 35.4. The van der Waals surface area contributed by atoms with Crippen LogP contribution in [0.2, 0.25) is 0 Å². The largest absolute Gasteiger partial charge is 0.495 e. The van der Waals surface area contributed by atoms with Crippen LogP contribution in [0.25, 0.3) is 0 Å². The summed E-state index contributed by atoms with van der Waals surface area (Å²) in [6, 6.07) is 15.0. The maximum absolute atomic E-state index is 13.8. The predicted molar refractivity (Wildman–Crippen MR) is 152 cm³/mol. The van der Waals surface area contributed by atoms with E-state index in [9.17, 15) is 18.8 Å². The molecule has 0 bridgehead atoms. The third-order valence-corrected chi connectivity index (χ3v) is 5.85. The molecule has 3 N–H and O–H groups in total. The van der Waals surface area contributed by atoms with E-state index < -0.39 is 24.0 Å². The summed E-state index contributed by atoms with van der Waals surface area (Å²) in [7, 11) is 2.93. The van der Waals surface area contributed by atoms with Gasteiger partial charge in [0.2, 0.25) is 0 Å². The molecule has 0 aliphatic rings. The zero-order valence-corrected chi connectivity index (χ0v) is 23.4. The van der Waals surface area contributed by atoms with Gasteiger partial charge in [-0.1, -0.05) is 18.2 Å². The number of esters is 1. The lowest BCUT2D eigenvalue weighted by Crippen LogP contribution is -2.33. The number of rotatable bonds is 14. The van der Waals surface area contributed by atoms with Gasteiger partial charge in [-0.25, -0.2) is 14.0 Å². The highest BCUT2D eigenvalue weighted by atomic mass is 19.1. The van der Waals surface area contributed by atoms with Gasteiger partial charge in [-0.2, -0.15) is 0 Å². The third-order valence-electron chi connectivity index (χ3n) is 5.85. The Balaban J connectivity index is 1.48. The number of Topliss-reactive ketones (excluding diaryl/α,β-unsaturated/α-hetero) is 1. The number of hydrogen-bond donors (Lipinski definition) is 3. The summed E-state index contributed by atoms with van der Waals surface area (Å²) >= 11 is 0. The highest BCUT2D eigenvalue weighted by Crippen LogP contribution is 2.29. The summed E-state index contributed by atoms with van der Waals surface area (Å²) in [6.07, 6.45) is -0.0240. The number of nitrogens with one attached hydrogen (secondary N) is 3. The maximum atomic E-state index is 13.8. The molecule has 218 valence electrons. The number of urea groups is 1. The Labute approximate surface area is 238 Å². The average Bonchev–Trinajstić information content (AvgIpc) is 2.95. The number of ketones is 1. The lowest BCUT2D eigenvalue weighted by Gasteiger charge is -2.18. The molecule has 3 aromatic carbocycles. The van der Waals surface area contributed by atoms with Crippen molar-refractivity contribution in [3.8, 4) is 17.2 Å². The Kier molecular flexibility index (Phi) is 11.5. The summed E-state index contributed by atoms with van der Waals surface area (Å²) in [5, 5.41) is 8.21. The van der Waals surface area contributed by atoms with Gasteiger partial charge in [0.15, 0.2) is 11.5 Å². The first-order valence-electron chi connectivity index (χ1n) is 13.0. The first kappa shape index (κ1) is 30.9. The van der Waals surface area contributed by atoms with Gasteiger partial charge in [0.1, 0.15) is 23.6 Å². The molecule has 0 aliphatic heterocycles. The minimum Gasteiger partial charge on any atom is -0.495 e. The van der Waals surface area contributed by atoms with Crippen molar-refractivity contribution < 1.29 is 37.7 Å². The molecule has 0 fully saturated rings. The molecule has 0 saturated carbocycles. The Morgan fingerprint density at radius 3 is 2.32 bits per heavy atom. The van der Waals surface area contributed by atoms with Gasteiger partial charge in [-0.05, 0) is 61.9 Å². The van der Waals surface area contributed by atoms with Crippen LogP contribution in [0.4, 0.5) is 20.6 Å². The van der Waals surface area contributed by atoms with Gasteiger partial charge >= 0.3 is 12.0 Å². The van der Waals surface area contributed by atoms with E-state index in [1.807, 2.05) is 0 Å². The lowest BCUT2D eigenvalue weighted by atomic mass is 10.1. The predicted octanol–water partition coefficient (Wildman–Crippen LogP) is 5.18. The number of benzene rings is 3. The molecule has 0 spiro atoms. The van der Waals surface area contributed by atoms with Crippen LogP contribution < -0.4 is 30.2 Å². The fourth-order valence-corrected chi connectivity index (χ4v) is 3.86. The SMILES string of the molecule is CCOC(=O)c1ccc(OC(C)NCCC(=O)Cc2ccc(NC(=O)Nc3ccccc3F)c(OC)c2)c(OC)c1. The molecular formula is C30H34FN3O7. The number of hydrogen-bond acceptors (Lipinski definition) is 8. The van der Waals surface area contributed by atoms with E-state index in [0.29, 0.717) is 40.6 Å². The first-order valence-corrected chi connectivity index (χ1v) is 13.0. The molecule has 0 aromatic heterocycles. The van der Waals surface area contributed by atoms with Crippen molar-refractivity contribution in [2.45, 2.75) is 32.9 Å². The van der Waals surface area contributed by atoms with E-state index in [1.54, 1.807) is 56.3 Å². The molecular weight excluding hydrogens is 533 g/mol. The molecule has 11 heteroatoms. The van der Waals surface area contributed by atoms with E-state index in [-0.39, 0.29) is 30.9 Å². The quantitative estimate of drug-likeness (QED) is 0.180. The van der Waals surface area contributed by atoms with Crippen LogP contribution in [0.15, 0.2) is 60.7 Å². The molecule has 0 radical (unpaired) electrons. The number of ether oxygens (including phenoxy) is 4. The number of methoxy groups -OCH3 is 2. The summed E-state index contributed by atoms with van der Waals surface area (Å²) in [5.41, 5.74) is 1.48. The van der Waals surface area contributed by atoms with Crippen LogP contribution in [0.3, 0.4) is 0 Å². The monoisotopic (exact) mass is 567 g/mol. The fraction of sp³-hybridized carbons (Fsp3) is 0.300. The van der Waals surface area contributed by atoms with E-state index in [0.717, 1.165) is 0 Å². The fourth-order valence-electron chi connectivity index (χ4n) is 3.86. The van der Waals surface area contributed by atoms with Crippen LogP contribution in [0.5, 0.6) is 17.2 Å². The number of halogens is 1. The molecule has 3 rings (SSSR count). The minimum absolute atomic E-state index is 0.0128. The Bertz CT molecular complexity index is 1370. The van der Waals surface area contributed by atoms with Gasteiger partial charge in [0, 0.05) is 19.4 Å². The molecule has 0 heterocycles. The van der Waals surface area contributed by atoms with Crippen molar-refractivity contribution >= 4 is 29.2 Å². The summed E-state index contributed by atoms with van der Waals surface area (Å²) in [6.45, 7) is 4.17. The third kappa shape index (κ3) is 9.21. The van der Waals surface area contributed by atoms with Crippen molar-refractivity contribution in [1.82, 2.24) is 5.32 Å². The van der Waals surface area contributed by atoms with Crippen molar-refractivity contribution in [3.63, 3.8) is 0 Å². The highest BCUT2D eigenvalue weighted by molar-refractivity contribution is 6.00. The number of carbonyl (C=O) groups is 3. The number of anilines is 2. The molecule has 1 atom stereocenters. The van der Waals surface area contributed by atoms with Crippen LogP contribution in [0, 0.1) is 5.82 Å². The van der Waals surface area contributed by atoms with E-state index in [4.69, 9.17) is 18.9 Å². The van der Waals surface area contributed by atoms with Crippen LogP contribution in [-0.4, -0.2) is 51.4 Å². The average molecular weight is 568 g/mol. The highest BCUT2D eigenvalue weighted by Gasteiger charge is 2.15. The smallest absolute Gasteiger partial charge is 0.338 e. The minimum atomic E-state index is -0.632. The summed E-state index contributed by atoms with van der Waals surface area (Å²) in [4.78, 5) is 36.9. The number of para-hydroxylation sites is 1. The van der Waals surface area contributed by atoms with E-state index in [1.165, 1.54) is 32.4 Å². The Morgan fingerprint density at radius 2 is 1.61 bits per heavy atom. The van der Waals surface area contributed by atoms with Crippen LogP contribution in [-0.2, 0) is 16.0 Å². The molecule has 0 aliphatic carbocycles. The number of carbonyl (C=O) groups excluding carboxylic acids is 3. The van der Waals surface area contributed by atoms with Crippen LogP contribution >= 0.6 is 0 Å². The second-order valence-electron chi connectivity index (χ2n) is 8.86. The topological polar surface area (TPSA) is 124 Å². The zero-order valence-electron chi connectivity index (χ0n) is 23.4. The van der Waals surface area contributed by atoms with Crippen molar-refractivity contribution in [1.29, 1.82) is 0 Å². The van der Waals surface area contributed by atoms with E-state index in [2.05, 4.69) is 16.0 Å². The van der Waals surface area contributed by atoms with Crippen molar-refractivity contribution in [2.75, 3.05) is 38.0 Å². The summed E-state index contributed by atoms with van der Waals surface area (Å²) in [5.74, 6) is 0.175. The van der Waals surface area contributed by atoms with Gasteiger partial charge in [0.05, 0.1) is 37.8 Å². The molecule has 0 saturated heterocycles. The standard InChI is InChI=1S/C30H34FN3O7/c1-5-40-29(36)21-11-13-26(28(18-21)39-4)41-19(2)32-15-14-22(35)16-20-10-12-25(27(17-20)38-3)34-30(37)33-24-9-7-6-8-23(24)31/h6-13,17-19,32H,5,14-16H2,1-4H3,(H2,33,34,37). The van der Waals surface area contributed by atoms with E-state index >= 15 is 0 Å². The molecule has 3 aromatic rings. The molecule has 2 amide bonds. The van der Waals surface area contributed by atoms with Crippen LogP contribution in [0.1, 0.15) is 36.2 Å². The lowest BCUT2D eigenvalue weighted by molar-refractivity contribution is -0.118. The second-order valence-corrected chi connectivity index (χ2v) is 8.86. The van der Waals surface area contributed by atoms with Gasteiger partial charge in [0.25, 0.3) is 0 Å².